The van der Waals surface area contributed by atoms with Crippen LogP contribution in [0.25, 0.3) is 21.5 Å². The predicted molar refractivity (Wildman–Crippen MR) is 262 cm³/mol. The number of hydrogen-bond donors (Lipinski definition) is 0. The third-order valence-electron chi connectivity index (χ3n) is 12.9. The molecule has 2 aliphatic heterocycles. The Hall–Kier alpha value is -2.28. The van der Waals surface area contributed by atoms with Crippen LogP contribution in [0.3, 0.4) is 0 Å². The summed E-state index contributed by atoms with van der Waals surface area (Å²) in [6.45, 7) is 16.2. The number of sulfonamides is 1. The molecular weight excluding hydrogens is 997 g/mol. The van der Waals surface area contributed by atoms with E-state index in [2.05, 4.69) is 13.9 Å². The Morgan fingerprint density at radius 3 is 2.17 bits per heavy atom. The van der Waals surface area contributed by atoms with Crippen LogP contribution in [-0.2, 0) is 55.3 Å². The number of aryl methyl sites for hydroxylation is 1. The Labute approximate surface area is 461 Å². The van der Waals surface area contributed by atoms with Gasteiger partial charge in [-0.15, -0.1) is 0 Å². The number of hydrogen-bond acceptors (Lipinski definition) is 14. The number of rotatable bonds is 20. The first kappa shape index (κ1) is 60.3. The maximum atomic E-state index is 14.1. The Morgan fingerprint density at radius 1 is 0.843 bits per heavy atom. The summed E-state index contributed by atoms with van der Waals surface area (Å²) in [6, 6.07) is 15.5. The molecule has 2 aliphatic rings. The Kier molecular flexibility index (Phi) is 20.2. The summed E-state index contributed by atoms with van der Waals surface area (Å²) in [7, 11) is -11.7. The molecule has 15 nitrogen and oxygen atoms in total. The summed E-state index contributed by atoms with van der Waals surface area (Å²) in [5.74, 6) is -0.0775. The van der Waals surface area contributed by atoms with Crippen LogP contribution in [0.2, 0.25) is 0 Å². The molecule has 0 saturated heterocycles. The largest absolute Gasteiger partial charge is 1.00 e. The molecule has 0 amide bonds. The van der Waals surface area contributed by atoms with E-state index in [1.165, 1.54) is 23.5 Å². The summed E-state index contributed by atoms with van der Waals surface area (Å²) in [5.41, 5.74) is 3.65. The fourth-order valence-corrected chi connectivity index (χ4v) is 12.3. The second kappa shape index (κ2) is 23.5. The Balaban J connectivity index is 0.00000533. The van der Waals surface area contributed by atoms with Gasteiger partial charge in [-0.2, -0.15) is 8.91 Å². The second-order valence-corrected chi connectivity index (χ2v) is 25.0. The average Bonchev–Trinajstić information content (AvgIpc) is 3.59. The minimum Gasteiger partial charge on any atom is -0.748 e. The molecule has 0 N–H and O–H groups in total. The molecule has 2 heterocycles. The van der Waals surface area contributed by atoms with E-state index in [0.29, 0.717) is 46.9 Å². The van der Waals surface area contributed by atoms with E-state index in [1.807, 2.05) is 108 Å². The summed E-state index contributed by atoms with van der Waals surface area (Å²) in [4.78, 5) is 14.4. The molecule has 0 bridgehead atoms. The number of carbonyl (C=O) groups excluding carboxylic acids is 1. The minimum absolute atomic E-state index is 0. The normalized spacial score (nSPS) is 16.5. The van der Waals surface area contributed by atoms with Crippen molar-refractivity contribution < 1.29 is 117 Å². The van der Waals surface area contributed by atoms with Crippen LogP contribution in [0.1, 0.15) is 90.8 Å². The van der Waals surface area contributed by atoms with E-state index < -0.39 is 52.3 Å². The smallest absolute Gasteiger partial charge is 0.748 e. The Bertz CT molecular complexity index is 3110. The fourth-order valence-electron chi connectivity index (χ4n) is 9.51. The van der Waals surface area contributed by atoms with Crippen molar-refractivity contribution in [2.24, 2.45) is 5.41 Å². The van der Waals surface area contributed by atoms with E-state index in [9.17, 15) is 44.4 Å². The quantitative estimate of drug-likeness (QED) is 0.0180. The number of allylic oxidation sites excluding steroid dienone is 6. The van der Waals surface area contributed by atoms with Crippen LogP contribution in [0, 0.1) is 12.3 Å². The molecule has 6 rings (SSSR count). The van der Waals surface area contributed by atoms with Crippen LogP contribution in [0.4, 0.5) is 11.4 Å². The molecule has 0 saturated carbocycles. The topological polar surface area (TPSA) is 217 Å². The monoisotopic (exact) mass is 1060 g/mol. The third kappa shape index (κ3) is 13.0. The van der Waals surface area contributed by atoms with Gasteiger partial charge >= 0.3 is 59.1 Å². The van der Waals surface area contributed by atoms with E-state index in [0.717, 1.165) is 51.3 Å². The molecule has 0 aliphatic carbocycles. The first-order valence-electron chi connectivity index (χ1n) is 22.2. The van der Waals surface area contributed by atoms with Gasteiger partial charge in [0, 0.05) is 102 Å². The van der Waals surface area contributed by atoms with Crippen molar-refractivity contribution in [3.63, 3.8) is 0 Å². The van der Waals surface area contributed by atoms with E-state index in [-0.39, 0.29) is 101 Å². The van der Waals surface area contributed by atoms with Crippen molar-refractivity contribution in [3.8, 4) is 0 Å². The van der Waals surface area contributed by atoms with E-state index in [4.69, 9.17) is 0 Å². The van der Waals surface area contributed by atoms with Gasteiger partial charge in [-0.05, 0) is 97.3 Å². The zero-order valence-corrected chi connectivity index (χ0v) is 49.1. The second-order valence-electron chi connectivity index (χ2n) is 19.3. The molecule has 368 valence electrons. The molecule has 0 aromatic heterocycles. The van der Waals surface area contributed by atoms with Crippen molar-refractivity contribution in [3.05, 3.63) is 107 Å². The summed E-state index contributed by atoms with van der Waals surface area (Å²) < 4.78 is 108. The first-order valence-corrected chi connectivity index (χ1v) is 27.6. The molecule has 70 heavy (non-hydrogen) atoms. The van der Waals surface area contributed by atoms with Crippen LogP contribution >= 0.6 is 12.0 Å². The summed E-state index contributed by atoms with van der Waals surface area (Å²) >= 11 is 0.878. The first-order chi connectivity index (χ1) is 31.6. The van der Waals surface area contributed by atoms with E-state index in [1.54, 1.807) is 25.1 Å². The van der Waals surface area contributed by atoms with Gasteiger partial charge in [-0.1, -0.05) is 71.0 Å². The number of Topliss-reactive ketones (excluding diaryl/α,β-unsaturated/α-hetero) is 1. The fraction of sp³-hybridized carbons (Fsp3) is 0.429. The summed E-state index contributed by atoms with van der Waals surface area (Å²) in [6.07, 6.45) is 10.7. The standard InChI is InChI=1S/C49H61N3O12S4.2Na/c1-33-31-34(68(60,61)62)32-38-35(33)22-24-40-46(38)49(7,8)43(51(40)27-15-29-65-64-63-54)20-12-10-11-19-42-48(5,6)45-37-17-13-18-41(67(58,59)50(9)26-14-21-44(53)47(2,3)4)36(37)23-25-39(45)52(42)28-16-30-66(55,56)57;;/h10-13,17-20,22-25,31-32H,14-16,21,26-30H2,1-9H3,(H2-,54,55,56,57,60,61,62);;/q;2*+1/p-2. The number of ketones is 1. The summed E-state index contributed by atoms with van der Waals surface area (Å²) in [5, 5.41) is 16.6. The molecular formula is C49H59N3Na2O12S4. The van der Waals surface area contributed by atoms with Crippen molar-refractivity contribution in [1.82, 2.24) is 4.31 Å². The van der Waals surface area contributed by atoms with Crippen molar-refractivity contribution >= 4 is 86.7 Å². The molecule has 21 heteroatoms. The van der Waals surface area contributed by atoms with E-state index >= 15 is 0 Å². The maximum absolute atomic E-state index is 14.1. The maximum Gasteiger partial charge on any atom is 1.00 e. The molecule has 4 aromatic carbocycles. The SMILES string of the molecule is Cc1cc(S(=O)(=O)[O-])cc2c3c(ccc12)[N+](CCCSOO[O-])=C(C=CC=CC=C1N(CCCS(=O)(=O)[O-])c2ccc4c(S(=O)(=O)N(C)CCCC(=O)C(C)(C)C)cccc4c2C1(C)C)C3(C)C.[Na+].[Na+]. The van der Waals surface area contributed by atoms with Crippen LogP contribution in [-0.4, -0.2) is 92.9 Å². The number of fused-ring (bicyclic) bond motifs is 6. The van der Waals surface area contributed by atoms with Crippen LogP contribution in [0.15, 0.2) is 100 Å². The molecule has 0 spiro atoms. The zero-order chi connectivity index (χ0) is 50.2. The molecule has 0 atom stereocenters. The molecule has 0 unspecified atom stereocenters. The number of nitrogens with zero attached hydrogens (tertiary/aromatic N) is 3. The predicted octanol–water partition coefficient (Wildman–Crippen LogP) is 1.60. The number of carbonyl (C=O) groups is 1. The molecule has 0 radical (unpaired) electrons. The Morgan fingerprint density at radius 2 is 1.53 bits per heavy atom. The van der Waals surface area contributed by atoms with Crippen molar-refractivity contribution in [1.29, 1.82) is 0 Å². The van der Waals surface area contributed by atoms with Gasteiger partial charge in [0.1, 0.15) is 22.4 Å². The molecule has 0 fully saturated rings. The zero-order valence-electron chi connectivity index (χ0n) is 41.8. The van der Waals surface area contributed by atoms with Gasteiger partial charge in [-0.3, -0.25) is 9.83 Å². The minimum atomic E-state index is -4.75. The van der Waals surface area contributed by atoms with Crippen molar-refractivity contribution in [2.45, 2.75) is 102 Å². The average molecular weight is 1060 g/mol. The van der Waals surface area contributed by atoms with Crippen molar-refractivity contribution in [2.75, 3.05) is 43.1 Å². The van der Waals surface area contributed by atoms with Gasteiger partial charge in [0.2, 0.25) is 15.7 Å². The van der Waals surface area contributed by atoms with Gasteiger partial charge in [0.15, 0.2) is 5.71 Å². The van der Waals surface area contributed by atoms with Gasteiger partial charge in [0.05, 0.1) is 25.3 Å². The number of benzene rings is 4. The van der Waals surface area contributed by atoms with Crippen LogP contribution in [0.5, 0.6) is 0 Å². The number of anilines is 1. The van der Waals surface area contributed by atoms with Gasteiger partial charge < -0.3 is 19.3 Å². The van der Waals surface area contributed by atoms with Gasteiger partial charge in [0.25, 0.3) is 0 Å². The van der Waals surface area contributed by atoms with Crippen LogP contribution < -0.4 is 69.3 Å². The third-order valence-corrected chi connectivity index (χ3v) is 17.0. The molecule has 4 aromatic rings. The van der Waals surface area contributed by atoms with Gasteiger partial charge in [-0.25, -0.2) is 29.6 Å².